The van der Waals surface area contributed by atoms with Crippen LogP contribution in [0.15, 0.2) is 60.9 Å². The van der Waals surface area contributed by atoms with E-state index in [1.54, 1.807) is 6.20 Å². The fourth-order valence-electron chi connectivity index (χ4n) is 6.71. The molecule has 44 heavy (non-hydrogen) atoms. The van der Waals surface area contributed by atoms with Crippen molar-refractivity contribution < 1.29 is 14.6 Å². The van der Waals surface area contributed by atoms with Gasteiger partial charge in [0.05, 0.1) is 6.61 Å². The minimum absolute atomic E-state index is 0.431. The minimum Gasteiger partial charge on any atom is -0.493 e. The van der Waals surface area contributed by atoms with Crippen molar-refractivity contribution in [1.29, 1.82) is 0 Å². The second kappa shape index (κ2) is 13.7. The predicted octanol–water partition coefficient (Wildman–Crippen LogP) is 6.96. The first kappa shape index (κ1) is 30.0. The van der Waals surface area contributed by atoms with Gasteiger partial charge in [-0.05, 0) is 118 Å². The van der Waals surface area contributed by atoms with Gasteiger partial charge in [-0.1, -0.05) is 30.7 Å². The third-order valence-corrected chi connectivity index (χ3v) is 9.18. The molecule has 6 rings (SSSR count). The number of aromatic nitrogens is 2. The van der Waals surface area contributed by atoms with Crippen LogP contribution >= 0.6 is 0 Å². The molecule has 1 atom stereocenters. The molecule has 2 saturated heterocycles. The Labute approximate surface area is 260 Å². The van der Waals surface area contributed by atoms with Gasteiger partial charge >= 0.3 is 5.97 Å². The zero-order valence-electron chi connectivity index (χ0n) is 25.9. The molecule has 0 bridgehead atoms. The Bertz CT molecular complexity index is 1620. The SMILES string of the molecule is Cc1c(Nc2nccc3cc(CN4CCCCC4C(=O)O)cnc23)cccc1-c1cccc(OCCCN2CCCC2)c1C. The van der Waals surface area contributed by atoms with E-state index in [1.165, 1.54) is 25.9 Å². The lowest BCUT2D eigenvalue weighted by atomic mass is 9.95. The van der Waals surface area contributed by atoms with Gasteiger partial charge in [0.1, 0.15) is 17.3 Å². The second-order valence-electron chi connectivity index (χ2n) is 12.2. The number of likely N-dealkylation sites (tertiary alicyclic amines) is 2. The molecule has 2 aromatic carbocycles. The van der Waals surface area contributed by atoms with Crippen LogP contribution < -0.4 is 10.1 Å². The molecule has 8 heteroatoms. The van der Waals surface area contributed by atoms with Crippen LogP contribution in [0.2, 0.25) is 0 Å². The summed E-state index contributed by atoms with van der Waals surface area (Å²) in [6.07, 6.45) is 10.0. The molecule has 8 nitrogen and oxygen atoms in total. The average molecular weight is 594 g/mol. The molecule has 0 aliphatic carbocycles. The van der Waals surface area contributed by atoms with E-state index in [2.05, 4.69) is 76.4 Å². The van der Waals surface area contributed by atoms with Crippen molar-refractivity contribution in [3.63, 3.8) is 0 Å². The van der Waals surface area contributed by atoms with Gasteiger partial charge in [0.15, 0.2) is 5.82 Å². The second-order valence-corrected chi connectivity index (χ2v) is 12.2. The maximum atomic E-state index is 11.8. The number of piperidine rings is 1. The van der Waals surface area contributed by atoms with Gasteiger partial charge in [-0.2, -0.15) is 0 Å². The first-order valence-electron chi connectivity index (χ1n) is 16.0. The number of nitrogens with one attached hydrogen (secondary N) is 1. The van der Waals surface area contributed by atoms with E-state index < -0.39 is 12.0 Å². The molecule has 2 aromatic heterocycles. The van der Waals surface area contributed by atoms with Gasteiger partial charge in [-0.25, -0.2) is 4.98 Å². The van der Waals surface area contributed by atoms with Crippen LogP contribution in [0.1, 0.15) is 55.2 Å². The standard InChI is InChI=1S/C36H43N5O3/c1-25-29(30-11-8-14-33(26(30)2)44-21-9-19-40-17-5-6-18-40)10-7-12-31(25)39-35-34-28(15-16-37-35)22-27(23-38-34)24-41-20-4-3-13-32(41)36(42)43/h7-8,10-12,14-16,22-23,32H,3-6,9,13,17-21,24H2,1-2H3,(H,37,39)(H,42,43). The molecule has 2 fully saturated rings. The first-order valence-corrected chi connectivity index (χ1v) is 16.0. The lowest BCUT2D eigenvalue weighted by Gasteiger charge is -2.32. The number of nitrogens with zero attached hydrogens (tertiary/aromatic N) is 4. The van der Waals surface area contributed by atoms with Crippen LogP contribution in [0.4, 0.5) is 11.5 Å². The van der Waals surface area contributed by atoms with E-state index in [0.29, 0.717) is 18.8 Å². The van der Waals surface area contributed by atoms with Crippen LogP contribution in [0, 0.1) is 13.8 Å². The van der Waals surface area contributed by atoms with E-state index in [4.69, 9.17) is 9.72 Å². The third kappa shape index (κ3) is 6.71. The van der Waals surface area contributed by atoms with Crippen LogP contribution in [0.25, 0.3) is 22.0 Å². The molecule has 0 amide bonds. The number of benzene rings is 2. The fourth-order valence-corrected chi connectivity index (χ4v) is 6.71. The molecule has 2 aliphatic rings. The highest BCUT2D eigenvalue weighted by molar-refractivity contribution is 5.91. The summed E-state index contributed by atoms with van der Waals surface area (Å²) in [6.45, 7) is 9.91. The number of rotatable bonds is 11. The number of aliphatic carboxylic acids is 1. The zero-order chi connectivity index (χ0) is 30.5. The number of carbonyl (C=O) groups is 1. The van der Waals surface area contributed by atoms with Crippen LogP contribution in [-0.4, -0.2) is 69.7 Å². The zero-order valence-corrected chi connectivity index (χ0v) is 25.9. The topological polar surface area (TPSA) is 90.8 Å². The van der Waals surface area contributed by atoms with E-state index in [9.17, 15) is 9.90 Å². The first-order chi connectivity index (χ1) is 21.5. The normalized spacial score (nSPS) is 17.6. The van der Waals surface area contributed by atoms with Crippen molar-refractivity contribution in [2.24, 2.45) is 0 Å². The van der Waals surface area contributed by atoms with E-state index in [-0.39, 0.29) is 0 Å². The minimum atomic E-state index is -0.742. The summed E-state index contributed by atoms with van der Waals surface area (Å²) < 4.78 is 6.26. The van der Waals surface area contributed by atoms with Crippen LogP contribution in [-0.2, 0) is 11.3 Å². The smallest absolute Gasteiger partial charge is 0.320 e. The average Bonchev–Trinajstić information content (AvgIpc) is 3.55. The highest BCUT2D eigenvalue weighted by Crippen LogP contribution is 2.36. The number of ether oxygens (including phenoxy) is 1. The maximum absolute atomic E-state index is 11.8. The van der Waals surface area contributed by atoms with Crippen molar-refractivity contribution in [3.8, 4) is 16.9 Å². The summed E-state index contributed by atoms with van der Waals surface area (Å²) >= 11 is 0. The summed E-state index contributed by atoms with van der Waals surface area (Å²) in [5.74, 6) is 0.897. The van der Waals surface area contributed by atoms with E-state index in [0.717, 1.165) is 89.1 Å². The highest BCUT2D eigenvalue weighted by Gasteiger charge is 2.28. The Morgan fingerprint density at radius 2 is 1.75 bits per heavy atom. The lowest BCUT2D eigenvalue weighted by molar-refractivity contribution is -0.144. The Morgan fingerprint density at radius 1 is 0.977 bits per heavy atom. The Morgan fingerprint density at radius 3 is 2.57 bits per heavy atom. The van der Waals surface area contributed by atoms with Crippen molar-refractivity contribution in [1.82, 2.24) is 19.8 Å². The molecule has 4 aromatic rings. The number of pyridine rings is 2. The Balaban J connectivity index is 1.18. The quantitative estimate of drug-likeness (QED) is 0.180. The molecule has 230 valence electrons. The fraction of sp³-hybridized carbons (Fsp3) is 0.417. The monoisotopic (exact) mass is 593 g/mol. The van der Waals surface area contributed by atoms with Crippen molar-refractivity contribution in [3.05, 3.63) is 77.6 Å². The number of carboxylic acids is 1. The van der Waals surface area contributed by atoms with Crippen LogP contribution in [0.3, 0.4) is 0 Å². The molecular formula is C36H43N5O3. The number of hydrogen-bond acceptors (Lipinski definition) is 7. The van der Waals surface area contributed by atoms with Gasteiger partial charge in [0, 0.05) is 36.6 Å². The Hall–Kier alpha value is -4.01. The molecule has 0 radical (unpaired) electrons. The van der Waals surface area contributed by atoms with Crippen molar-refractivity contribution in [2.45, 2.75) is 65.0 Å². The van der Waals surface area contributed by atoms with E-state index in [1.807, 2.05) is 12.3 Å². The maximum Gasteiger partial charge on any atom is 0.320 e. The molecule has 2 N–H and O–H groups in total. The summed E-state index contributed by atoms with van der Waals surface area (Å²) in [5.41, 5.74) is 7.36. The summed E-state index contributed by atoms with van der Waals surface area (Å²) in [6, 6.07) is 16.2. The van der Waals surface area contributed by atoms with Crippen molar-refractivity contribution >= 4 is 28.4 Å². The van der Waals surface area contributed by atoms with Gasteiger partial charge in [0.25, 0.3) is 0 Å². The van der Waals surface area contributed by atoms with Gasteiger partial charge < -0.3 is 20.1 Å². The molecule has 2 aliphatic heterocycles. The summed E-state index contributed by atoms with van der Waals surface area (Å²) in [7, 11) is 0. The molecule has 0 spiro atoms. The third-order valence-electron chi connectivity index (χ3n) is 9.18. The largest absolute Gasteiger partial charge is 0.493 e. The highest BCUT2D eigenvalue weighted by atomic mass is 16.5. The van der Waals surface area contributed by atoms with Gasteiger partial charge in [-0.15, -0.1) is 0 Å². The van der Waals surface area contributed by atoms with Gasteiger partial charge in [-0.3, -0.25) is 14.7 Å². The molecule has 1 unspecified atom stereocenters. The Kier molecular flexibility index (Phi) is 9.38. The van der Waals surface area contributed by atoms with Crippen molar-refractivity contribution in [2.75, 3.05) is 38.1 Å². The van der Waals surface area contributed by atoms with Crippen LogP contribution in [0.5, 0.6) is 5.75 Å². The molecular weight excluding hydrogens is 550 g/mol. The van der Waals surface area contributed by atoms with E-state index >= 15 is 0 Å². The number of fused-ring (bicyclic) bond motifs is 1. The summed E-state index contributed by atoms with van der Waals surface area (Å²) in [5, 5.41) is 14.2. The molecule has 0 saturated carbocycles. The van der Waals surface area contributed by atoms with Gasteiger partial charge in [0.2, 0.25) is 0 Å². The number of hydrogen-bond donors (Lipinski definition) is 2. The predicted molar refractivity (Wildman–Crippen MR) is 176 cm³/mol. The lowest BCUT2D eigenvalue weighted by Crippen LogP contribution is -2.44. The summed E-state index contributed by atoms with van der Waals surface area (Å²) in [4.78, 5) is 25.8. The molecule has 4 heterocycles. The number of anilines is 2. The number of carboxylic acid groups (broad SMARTS) is 1.